The number of amides is 1. The lowest BCUT2D eigenvalue weighted by Gasteiger charge is -2.18. The molecule has 18 heavy (non-hydrogen) atoms. The normalized spacial score (nSPS) is 10.4. The van der Waals surface area contributed by atoms with Crippen molar-refractivity contribution in [1.82, 2.24) is 10.2 Å². The number of carbonyl (C=O) groups is 1. The summed E-state index contributed by atoms with van der Waals surface area (Å²) in [7, 11) is 0. The summed E-state index contributed by atoms with van der Waals surface area (Å²) in [5.41, 5.74) is 2.60. The van der Waals surface area contributed by atoms with Crippen LogP contribution in [0, 0.1) is 6.92 Å². The number of nitrogens with one attached hydrogen (secondary N) is 1. The lowest BCUT2D eigenvalue weighted by atomic mass is 10.1. The molecular formula is C15H24N2O. The fourth-order valence-corrected chi connectivity index (χ4v) is 1.98. The SMILES string of the molecule is CCN(CC)C(=O)CNCCc1cccc(C)c1. The summed E-state index contributed by atoms with van der Waals surface area (Å²) in [4.78, 5) is 13.6. The molecule has 0 bridgehead atoms. The first kappa shape index (κ1) is 14.7. The summed E-state index contributed by atoms with van der Waals surface area (Å²) in [5, 5.41) is 3.21. The van der Waals surface area contributed by atoms with Crippen LogP contribution in [-0.2, 0) is 11.2 Å². The predicted molar refractivity (Wildman–Crippen MR) is 75.7 cm³/mol. The van der Waals surface area contributed by atoms with Gasteiger partial charge >= 0.3 is 0 Å². The van der Waals surface area contributed by atoms with Crippen molar-refractivity contribution >= 4 is 5.91 Å². The molecule has 0 atom stereocenters. The van der Waals surface area contributed by atoms with Crippen molar-refractivity contribution in [3.05, 3.63) is 35.4 Å². The van der Waals surface area contributed by atoms with Gasteiger partial charge in [-0.05, 0) is 39.3 Å². The number of benzene rings is 1. The van der Waals surface area contributed by atoms with Crippen molar-refractivity contribution in [3.8, 4) is 0 Å². The smallest absolute Gasteiger partial charge is 0.236 e. The van der Waals surface area contributed by atoms with Crippen LogP contribution in [0.25, 0.3) is 0 Å². The maximum atomic E-state index is 11.7. The Labute approximate surface area is 110 Å². The molecule has 0 aliphatic rings. The molecule has 1 N–H and O–H groups in total. The standard InChI is InChI=1S/C15H24N2O/c1-4-17(5-2)15(18)12-16-10-9-14-8-6-7-13(3)11-14/h6-8,11,16H,4-5,9-10,12H2,1-3H3. The number of likely N-dealkylation sites (N-methyl/N-ethyl adjacent to an activating group) is 1. The molecular weight excluding hydrogens is 224 g/mol. The van der Waals surface area contributed by atoms with Gasteiger partial charge < -0.3 is 10.2 Å². The molecule has 100 valence electrons. The number of hydrogen-bond acceptors (Lipinski definition) is 2. The minimum absolute atomic E-state index is 0.184. The molecule has 0 saturated heterocycles. The highest BCUT2D eigenvalue weighted by Crippen LogP contribution is 2.03. The van der Waals surface area contributed by atoms with Crippen molar-refractivity contribution in [2.24, 2.45) is 0 Å². The van der Waals surface area contributed by atoms with Crippen molar-refractivity contribution < 1.29 is 4.79 Å². The van der Waals surface area contributed by atoms with E-state index in [-0.39, 0.29) is 5.91 Å². The van der Waals surface area contributed by atoms with E-state index in [4.69, 9.17) is 0 Å². The first-order chi connectivity index (χ1) is 8.67. The molecule has 0 heterocycles. The minimum atomic E-state index is 0.184. The number of rotatable bonds is 7. The fraction of sp³-hybridized carbons (Fsp3) is 0.533. The van der Waals surface area contributed by atoms with E-state index in [1.54, 1.807) is 0 Å². The van der Waals surface area contributed by atoms with Crippen LogP contribution in [0.3, 0.4) is 0 Å². The largest absolute Gasteiger partial charge is 0.342 e. The van der Waals surface area contributed by atoms with E-state index < -0.39 is 0 Å². The van der Waals surface area contributed by atoms with E-state index in [2.05, 4.69) is 36.5 Å². The molecule has 1 aromatic rings. The highest BCUT2D eigenvalue weighted by Gasteiger charge is 2.07. The van der Waals surface area contributed by atoms with Crippen LogP contribution in [-0.4, -0.2) is 37.0 Å². The Balaban J connectivity index is 2.24. The summed E-state index contributed by atoms with van der Waals surface area (Å²) < 4.78 is 0. The summed E-state index contributed by atoms with van der Waals surface area (Å²) in [6, 6.07) is 8.49. The van der Waals surface area contributed by atoms with Crippen LogP contribution in [0.5, 0.6) is 0 Å². The third-order valence-electron chi connectivity index (χ3n) is 3.07. The maximum Gasteiger partial charge on any atom is 0.236 e. The summed E-state index contributed by atoms with van der Waals surface area (Å²) in [6.07, 6.45) is 0.965. The molecule has 1 aromatic carbocycles. The third kappa shape index (κ3) is 4.88. The van der Waals surface area contributed by atoms with Crippen LogP contribution in [0.1, 0.15) is 25.0 Å². The van der Waals surface area contributed by atoms with Gasteiger partial charge in [-0.25, -0.2) is 0 Å². The van der Waals surface area contributed by atoms with Crippen LogP contribution in [0.2, 0.25) is 0 Å². The highest BCUT2D eigenvalue weighted by atomic mass is 16.2. The molecule has 0 saturated carbocycles. The number of nitrogens with zero attached hydrogens (tertiary/aromatic N) is 1. The number of carbonyl (C=O) groups excluding carboxylic acids is 1. The van der Waals surface area contributed by atoms with E-state index >= 15 is 0 Å². The Bertz CT molecular complexity index is 373. The Kier molecular flexibility index (Phi) is 6.44. The van der Waals surface area contributed by atoms with Gasteiger partial charge in [0, 0.05) is 13.1 Å². The number of aryl methyl sites for hydroxylation is 1. The Morgan fingerprint density at radius 3 is 2.61 bits per heavy atom. The minimum Gasteiger partial charge on any atom is -0.342 e. The molecule has 0 fully saturated rings. The molecule has 1 amide bonds. The van der Waals surface area contributed by atoms with E-state index in [0.717, 1.165) is 26.1 Å². The zero-order valence-electron chi connectivity index (χ0n) is 11.7. The molecule has 3 heteroatoms. The molecule has 0 aliphatic carbocycles. The van der Waals surface area contributed by atoms with Crippen molar-refractivity contribution in [1.29, 1.82) is 0 Å². The second-order valence-electron chi connectivity index (χ2n) is 4.48. The van der Waals surface area contributed by atoms with E-state index in [1.807, 2.05) is 18.7 Å². The van der Waals surface area contributed by atoms with E-state index in [9.17, 15) is 4.79 Å². The first-order valence-electron chi connectivity index (χ1n) is 6.71. The molecule has 0 spiro atoms. The molecule has 0 radical (unpaired) electrons. The van der Waals surface area contributed by atoms with Gasteiger partial charge in [-0.1, -0.05) is 29.8 Å². The lowest BCUT2D eigenvalue weighted by molar-refractivity contribution is -0.129. The van der Waals surface area contributed by atoms with Gasteiger partial charge in [0.05, 0.1) is 6.54 Å². The van der Waals surface area contributed by atoms with Gasteiger partial charge in [0.25, 0.3) is 0 Å². The average Bonchev–Trinajstić information content (AvgIpc) is 2.36. The summed E-state index contributed by atoms with van der Waals surface area (Å²) in [5.74, 6) is 0.184. The summed E-state index contributed by atoms with van der Waals surface area (Å²) >= 11 is 0. The van der Waals surface area contributed by atoms with Crippen LogP contribution < -0.4 is 5.32 Å². The number of hydrogen-bond donors (Lipinski definition) is 1. The molecule has 3 nitrogen and oxygen atoms in total. The molecule has 0 aliphatic heterocycles. The highest BCUT2D eigenvalue weighted by molar-refractivity contribution is 5.78. The molecule has 0 aromatic heterocycles. The van der Waals surface area contributed by atoms with Crippen LogP contribution >= 0.6 is 0 Å². The van der Waals surface area contributed by atoms with E-state index in [0.29, 0.717) is 6.54 Å². The second-order valence-corrected chi connectivity index (χ2v) is 4.48. The predicted octanol–water partition coefficient (Wildman–Crippen LogP) is 2.00. The Morgan fingerprint density at radius 2 is 2.00 bits per heavy atom. The zero-order valence-corrected chi connectivity index (χ0v) is 11.7. The molecule has 1 rings (SSSR count). The van der Waals surface area contributed by atoms with Gasteiger partial charge in [0.2, 0.25) is 5.91 Å². The van der Waals surface area contributed by atoms with Gasteiger partial charge in [-0.2, -0.15) is 0 Å². The van der Waals surface area contributed by atoms with Crippen molar-refractivity contribution in [2.75, 3.05) is 26.2 Å². The lowest BCUT2D eigenvalue weighted by Crippen LogP contribution is -2.38. The fourth-order valence-electron chi connectivity index (χ4n) is 1.98. The third-order valence-corrected chi connectivity index (χ3v) is 3.07. The zero-order chi connectivity index (χ0) is 13.4. The van der Waals surface area contributed by atoms with Gasteiger partial charge in [-0.15, -0.1) is 0 Å². The van der Waals surface area contributed by atoms with Crippen LogP contribution in [0.4, 0.5) is 0 Å². The topological polar surface area (TPSA) is 32.3 Å². The summed E-state index contributed by atoms with van der Waals surface area (Å²) in [6.45, 7) is 8.97. The Morgan fingerprint density at radius 1 is 1.28 bits per heavy atom. The first-order valence-corrected chi connectivity index (χ1v) is 6.71. The molecule has 0 unspecified atom stereocenters. The van der Waals surface area contributed by atoms with Crippen molar-refractivity contribution in [3.63, 3.8) is 0 Å². The van der Waals surface area contributed by atoms with E-state index in [1.165, 1.54) is 11.1 Å². The Hall–Kier alpha value is -1.35. The van der Waals surface area contributed by atoms with Crippen LogP contribution in [0.15, 0.2) is 24.3 Å². The van der Waals surface area contributed by atoms with Gasteiger partial charge in [0.1, 0.15) is 0 Å². The monoisotopic (exact) mass is 248 g/mol. The maximum absolute atomic E-state index is 11.7. The average molecular weight is 248 g/mol. The van der Waals surface area contributed by atoms with Crippen molar-refractivity contribution in [2.45, 2.75) is 27.2 Å². The quantitative estimate of drug-likeness (QED) is 0.749. The van der Waals surface area contributed by atoms with Gasteiger partial charge in [0.15, 0.2) is 0 Å². The second kappa shape index (κ2) is 7.88. The van der Waals surface area contributed by atoms with Gasteiger partial charge in [-0.3, -0.25) is 4.79 Å².